The topological polar surface area (TPSA) is 72.3 Å². The fourth-order valence-corrected chi connectivity index (χ4v) is 2.00. The van der Waals surface area contributed by atoms with Gasteiger partial charge in [-0.05, 0) is 25.2 Å². The second-order valence-electron chi connectivity index (χ2n) is 4.21. The maximum Gasteiger partial charge on any atom is 0.248 e. The number of halogens is 2. The molecule has 0 bridgehead atoms. The molecule has 1 fully saturated rings. The molecule has 5 N–H and O–H groups in total. The minimum atomic E-state index is -2.55. The summed E-state index contributed by atoms with van der Waals surface area (Å²) in [6, 6.07) is -0.589. The average Bonchev–Trinajstić information content (AvgIpc) is 2.01. The minimum Gasteiger partial charge on any atom is -0.377 e. The zero-order valence-corrected chi connectivity index (χ0v) is 8.13. The first kappa shape index (κ1) is 11.8. The first-order valence-corrected chi connectivity index (χ1v) is 4.98. The minimum absolute atomic E-state index is 0.0239. The van der Waals surface area contributed by atoms with E-state index in [1.165, 1.54) is 0 Å². The molecule has 0 aromatic rings. The molecule has 0 aliphatic heterocycles. The van der Waals surface area contributed by atoms with Gasteiger partial charge in [0.2, 0.25) is 5.92 Å². The molecular formula is C9H18F2N2O. The highest BCUT2D eigenvalue weighted by atomic mass is 19.3. The van der Waals surface area contributed by atoms with Gasteiger partial charge in [-0.3, -0.25) is 0 Å². The van der Waals surface area contributed by atoms with Gasteiger partial charge in [0.1, 0.15) is 6.23 Å². The van der Waals surface area contributed by atoms with Crippen LogP contribution < -0.4 is 11.5 Å². The van der Waals surface area contributed by atoms with Gasteiger partial charge >= 0.3 is 0 Å². The van der Waals surface area contributed by atoms with E-state index >= 15 is 0 Å². The molecule has 84 valence electrons. The van der Waals surface area contributed by atoms with Crippen molar-refractivity contribution in [2.75, 3.05) is 0 Å². The van der Waals surface area contributed by atoms with Crippen LogP contribution in [-0.4, -0.2) is 23.3 Å². The second kappa shape index (κ2) is 4.51. The third-order valence-electron chi connectivity index (χ3n) is 2.79. The lowest BCUT2D eigenvalue weighted by molar-refractivity contribution is -0.0560. The van der Waals surface area contributed by atoms with Gasteiger partial charge in [-0.1, -0.05) is 0 Å². The number of alkyl halides is 2. The molecule has 1 saturated carbocycles. The summed E-state index contributed by atoms with van der Waals surface area (Å²) >= 11 is 0. The van der Waals surface area contributed by atoms with E-state index in [-0.39, 0.29) is 18.8 Å². The Labute approximate surface area is 82.5 Å². The molecule has 0 saturated heterocycles. The Kier molecular flexibility index (Phi) is 3.80. The van der Waals surface area contributed by atoms with Crippen LogP contribution in [0.2, 0.25) is 0 Å². The van der Waals surface area contributed by atoms with Gasteiger partial charge in [-0.2, -0.15) is 0 Å². The number of nitrogens with two attached hydrogens (primary N) is 2. The molecule has 1 aliphatic carbocycles. The molecule has 0 amide bonds. The van der Waals surface area contributed by atoms with Crippen LogP contribution in [0.1, 0.15) is 32.1 Å². The summed E-state index contributed by atoms with van der Waals surface area (Å²) in [5, 5.41) is 8.95. The molecule has 5 heteroatoms. The molecule has 0 radical (unpaired) electrons. The summed E-state index contributed by atoms with van der Waals surface area (Å²) in [4.78, 5) is 0. The van der Waals surface area contributed by atoms with Crippen LogP contribution in [0.25, 0.3) is 0 Å². The van der Waals surface area contributed by atoms with E-state index in [4.69, 9.17) is 16.6 Å². The second-order valence-corrected chi connectivity index (χ2v) is 4.21. The summed E-state index contributed by atoms with van der Waals surface area (Å²) < 4.78 is 25.9. The zero-order chi connectivity index (χ0) is 10.8. The van der Waals surface area contributed by atoms with E-state index in [1.807, 2.05) is 0 Å². The number of aliphatic hydroxyl groups is 1. The quantitative estimate of drug-likeness (QED) is 0.601. The van der Waals surface area contributed by atoms with Crippen LogP contribution in [0, 0.1) is 5.92 Å². The van der Waals surface area contributed by atoms with Crippen molar-refractivity contribution in [2.45, 2.75) is 50.3 Å². The fraction of sp³-hybridized carbons (Fsp3) is 1.00. The van der Waals surface area contributed by atoms with Gasteiger partial charge in [0.05, 0.1) is 0 Å². The van der Waals surface area contributed by atoms with Gasteiger partial charge in [-0.15, -0.1) is 0 Å². The normalized spacial score (nSPS) is 31.1. The van der Waals surface area contributed by atoms with Crippen LogP contribution in [0.15, 0.2) is 0 Å². The van der Waals surface area contributed by atoms with Crippen LogP contribution >= 0.6 is 0 Å². The number of hydrogen-bond donors (Lipinski definition) is 3. The summed E-state index contributed by atoms with van der Waals surface area (Å²) in [5.74, 6) is -2.66. The van der Waals surface area contributed by atoms with Gasteiger partial charge in [0.15, 0.2) is 0 Å². The number of aliphatic hydroxyl groups excluding tert-OH is 1. The van der Waals surface area contributed by atoms with E-state index in [0.717, 1.165) is 6.42 Å². The first-order valence-electron chi connectivity index (χ1n) is 4.98. The highest BCUT2D eigenvalue weighted by molar-refractivity contribution is 4.81. The standard InChI is InChI=1S/C9H18F2N2O/c10-9(11)3-1-2-6(5-9)4-7(12)8(13)14/h6-8,14H,1-5,12-13H2/t6?,7?,8-/m1/s1. The fourth-order valence-electron chi connectivity index (χ4n) is 2.00. The first-order chi connectivity index (χ1) is 6.41. The average molecular weight is 208 g/mol. The van der Waals surface area contributed by atoms with Crippen molar-refractivity contribution in [2.24, 2.45) is 17.4 Å². The predicted molar refractivity (Wildman–Crippen MR) is 49.7 cm³/mol. The molecule has 3 atom stereocenters. The highest BCUT2D eigenvalue weighted by Crippen LogP contribution is 2.38. The van der Waals surface area contributed by atoms with Crippen molar-refractivity contribution in [1.82, 2.24) is 0 Å². The molecule has 0 spiro atoms. The molecule has 3 nitrogen and oxygen atoms in total. The molecule has 0 aromatic carbocycles. The Balaban J connectivity index is 2.38. The van der Waals surface area contributed by atoms with Crippen molar-refractivity contribution >= 4 is 0 Å². The summed E-state index contributed by atoms with van der Waals surface area (Å²) in [6.07, 6.45) is 0.427. The lowest BCUT2D eigenvalue weighted by atomic mass is 9.82. The zero-order valence-electron chi connectivity index (χ0n) is 8.13. The Morgan fingerprint density at radius 3 is 2.57 bits per heavy atom. The van der Waals surface area contributed by atoms with Gasteiger partial charge in [-0.25, -0.2) is 8.78 Å². The maximum absolute atomic E-state index is 13.0. The van der Waals surface area contributed by atoms with Gasteiger partial charge < -0.3 is 16.6 Å². The lowest BCUT2D eigenvalue weighted by Gasteiger charge is -2.30. The smallest absolute Gasteiger partial charge is 0.248 e. The molecule has 0 heterocycles. The van der Waals surface area contributed by atoms with Crippen molar-refractivity contribution in [3.05, 3.63) is 0 Å². The summed E-state index contributed by atoms with van der Waals surface area (Å²) in [5.41, 5.74) is 10.7. The third-order valence-corrected chi connectivity index (χ3v) is 2.79. The van der Waals surface area contributed by atoms with E-state index < -0.39 is 18.2 Å². The Morgan fingerprint density at radius 2 is 2.07 bits per heavy atom. The van der Waals surface area contributed by atoms with Crippen molar-refractivity contribution in [1.29, 1.82) is 0 Å². The van der Waals surface area contributed by atoms with Gasteiger partial charge in [0, 0.05) is 18.9 Å². The molecule has 1 aliphatic rings. The van der Waals surface area contributed by atoms with E-state index in [2.05, 4.69) is 0 Å². The van der Waals surface area contributed by atoms with E-state index in [1.54, 1.807) is 0 Å². The predicted octanol–water partition coefficient (Wildman–Crippen LogP) is 0.806. The van der Waals surface area contributed by atoms with Crippen molar-refractivity contribution < 1.29 is 13.9 Å². The maximum atomic E-state index is 13.0. The number of rotatable bonds is 3. The van der Waals surface area contributed by atoms with Crippen molar-refractivity contribution in [3.8, 4) is 0 Å². The molecule has 2 unspecified atom stereocenters. The molecule has 0 aromatic heterocycles. The van der Waals surface area contributed by atoms with Crippen LogP contribution in [-0.2, 0) is 0 Å². The summed E-state index contributed by atoms with van der Waals surface area (Å²) in [6.45, 7) is 0. The number of hydrogen-bond acceptors (Lipinski definition) is 3. The summed E-state index contributed by atoms with van der Waals surface area (Å²) in [7, 11) is 0. The molecule has 1 rings (SSSR count). The lowest BCUT2D eigenvalue weighted by Crippen LogP contribution is -2.43. The molecular weight excluding hydrogens is 190 g/mol. The van der Waals surface area contributed by atoms with Crippen molar-refractivity contribution in [3.63, 3.8) is 0 Å². The molecule has 14 heavy (non-hydrogen) atoms. The van der Waals surface area contributed by atoms with Crippen LogP contribution in [0.4, 0.5) is 8.78 Å². The van der Waals surface area contributed by atoms with Crippen LogP contribution in [0.3, 0.4) is 0 Å². The third kappa shape index (κ3) is 3.48. The Bertz CT molecular complexity index is 188. The Hall–Kier alpha value is -0.260. The largest absolute Gasteiger partial charge is 0.377 e. The highest BCUT2D eigenvalue weighted by Gasteiger charge is 2.36. The van der Waals surface area contributed by atoms with Gasteiger partial charge in [0.25, 0.3) is 0 Å². The Morgan fingerprint density at radius 1 is 1.43 bits per heavy atom. The SMILES string of the molecule is NC(CC1CCCC(F)(F)C1)[C@H](N)O. The monoisotopic (exact) mass is 208 g/mol. The van der Waals surface area contributed by atoms with E-state index in [0.29, 0.717) is 12.8 Å². The van der Waals surface area contributed by atoms with E-state index in [9.17, 15) is 8.78 Å². The van der Waals surface area contributed by atoms with Crippen LogP contribution in [0.5, 0.6) is 0 Å².